The molecule has 0 aliphatic carbocycles. The van der Waals surface area contributed by atoms with Crippen molar-refractivity contribution in [3.63, 3.8) is 0 Å². The van der Waals surface area contributed by atoms with Crippen LogP contribution in [0.2, 0.25) is 0 Å². The van der Waals surface area contributed by atoms with Gasteiger partial charge in [-0.2, -0.15) is 5.26 Å². The van der Waals surface area contributed by atoms with Gasteiger partial charge >= 0.3 is 0 Å². The largest absolute Gasteiger partial charge is 0.494 e. The number of benzene rings is 1. The third kappa shape index (κ3) is 4.42. The number of aromatic hydroxyl groups is 1. The third-order valence-electron chi connectivity index (χ3n) is 4.63. The van der Waals surface area contributed by atoms with E-state index < -0.39 is 17.2 Å². The molecule has 0 aliphatic heterocycles. The topological polar surface area (TPSA) is 92.3 Å². The smallest absolute Gasteiger partial charge is 0.271 e. The molecule has 28 heavy (non-hydrogen) atoms. The normalized spacial score (nSPS) is 10.5. The molecule has 0 saturated carbocycles. The average Bonchev–Trinajstić information content (AvgIpc) is 2.68. The highest BCUT2D eigenvalue weighted by molar-refractivity contribution is 6.11. The van der Waals surface area contributed by atoms with Gasteiger partial charge in [0.15, 0.2) is 5.78 Å². The van der Waals surface area contributed by atoms with Crippen LogP contribution in [0.4, 0.5) is 0 Å². The zero-order chi connectivity index (χ0) is 20.7. The molecule has 0 amide bonds. The van der Waals surface area contributed by atoms with Crippen LogP contribution in [0, 0.1) is 18.3 Å². The fourth-order valence-electron chi connectivity index (χ4n) is 2.95. The van der Waals surface area contributed by atoms with E-state index in [0.717, 1.165) is 23.8 Å². The first-order valence-corrected chi connectivity index (χ1v) is 9.60. The molecular formula is C22H26N2O4. The van der Waals surface area contributed by atoms with E-state index in [9.17, 15) is 20.0 Å². The van der Waals surface area contributed by atoms with Gasteiger partial charge in [-0.15, -0.1) is 0 Å². The number of unbranched alkanes of at least 4 members (excludes halogenated alkanes) is 2. The first kappa shape index (κ1) is 21.2. The van der Waals surface area contributed by atoms with Crippen molar-refractivity contribution in [2.75, 3.05) is 6.61 Å². The highest BCUT2D eigenvalue weighted by atomic mass is 16.5. The van der Waals surface area contributed by atoms with Crippen molar-refractivity contribution in [1.29, 1.82) is 5.26 Å². The summed E-state index contributed by atoms with van der Waals surface area (Å²) in [5.41, 5.74) is -0.179. The van der Waals surface area contributed by atoms with Crippen LogP contribution in [-0.4, -0.2) is 22.1 Å². The molecule has 6 heteroatoms. The second-order valence-electron chi connectivity index (χ2n) is 6.68. The number of nitriles is 1. The second kappa shape index (κ2) is 9.75. The number of carbonyl (C=O) groups is 1. The number of aromatic nitrogens is 1. The van der Waals surface area contributed by atoms with Crippen molar-refractivity contribution in [1.82, 2.24) is 4.57 Å². The lowest BCUT2D eigenvalue weighted by atomic mass is 9.97. The summed E-state index contributed by atoms with van der Waals surface area (Å²) in [6.45, 7) is 6.33. The first-order chi connectivity index (χ1) is 13.5. The second-order valence-corrected chi connectivity index (χ2v) is 6.68. The molecule has 0 radical (unpaired) electrons. The Morgan fingerprint density at radius 1 is 1.25 bits per heavy atom. The zero-order valence-corrected chi connectivity index (χ0v) is 16.6. The van der Waals surface area contributed by atoms with Gasteiger partial charge in [0.05, 0.1) is 12.2 Å². The maximum absolute atomic E-state index is 13.1. The molecule has 1 aromatic carbocycles. The Hall–Kier alpha value is -3.07. The Labute approximate surface area is 165 Å². The molecule has 0 unspecified atom stereocenters. The third-order valence-corrected chi connectivity index (χ3v) is 4.63. The van der Waals surface area contributed by atoms with E-state index in [1.54, 1.807) is 24.3 Å². The number of hydrogen-bond acceptors (Lipinski definition) is 5. The molecule has 2 rings (SSSR count). The quantitative estimate of drug-likeness (QED) is 0.524. The Balaban J connectivity index is 2.52. The van der Waals surface area contributed by atoms with Gasteiger partial charge in [-0.25, -0.2) is 0 Å². The number of ether oxygens (including phenoxy) is 1. The highest BCUT2D eigenvalue weighted by Gasteiger charge is 2.24. The van der Waals surface area contributed by atoms with Crippen molar-refractivity contribution in [3.05, 3.63) is 56.9 Å². The van der Waals surface area contributed by atoms with Gasteiger partial charge in [-0.3, -0.25) is 14.2 Å². The molecule has 148 valence electrons. The van der Waals surface area contributed by atoms with E-state index in [1.165, 1.54) is 6.92 Å². The van der Waals surface area contributed by atoms with Crippen molar-refractivity contribution >= 4 is 5.78 Å². The number of nitrogens with zero attached hydrogens (tertiary/aromatic N) is 2. The molecule has 2 aromatic rings. The Morgan fingerprint density at radius 3 is 2.61 bits per heavy atom. The SMILES string of the molecule is CCCCOc1cccc(C(=O)c2c(C)c(C#N)c(=O)n(CCCC)c2O)c1. The summed E-state index contributed by atoms with van der Waals surface area (Å²) in [7, 11) is 0. The lowest BCUT2D eigenvalue weighted by Gasteiger charge is -2.15. The average molecular weight is 382 g/mol. The molecule has 1 heterocycles. The minimum atomic E-state index is -0.570. The standard InChI is InChI=1S/C22H26N2O4/c1-4-6-11-24-21(26)18(14-23)15(3)19(22(24)27)20(25)16-9-8-10-17(13-16)28-12-7-5-2/h8-10,13,27H,4-7,11-12H2,1-3H3. The molecule has 1 N–H and O–H groups in total. The fraction of sp³-hybridized carbons (Fsp3) is 0.409. The Kier molecular flexibility index (Phi) is 7.39. The van der Waals surface area contributed by atoms with Gasteiger partial charge in [-0.05, 0) is 37.5 Å². The minimum absolute atomic E-state index is 0.0158. The van der Waals surface area contributed by atoms with E-state index in [0.29, 0.717) is 24.3 Å². The maximum Gasteiger partial charge on any atom is 0.271 e. The van der Waals surface area contributed by atoms with Crippen LogP contribution in [0.3, 0.4) is 0 Å². The molecule has 0 bridgehead atoms. The van der Waals surface area contributed by atoms with Crippen LogP contribution in [0.5, 0.6) is 11.6 Å². The monoisotopic (exact) mass is 382 g/mol. The van der Waals surface area contributed by atoms with Crippen LogP contribution >= 0.6 is 0 Å². The zero-order valence-electron chi connectivity index (χ0n) is 16.6. The molecule has 0 aliphatic rings. The fourth-order valence-corrected chi connectivity index (χ4v) is 2.95. The van der Waals surface area contributed by atoms with Crippen LogP contribution in [-0.2, 0) is 6.54 Å². The first-order valence-electron chi connectivity index (χ1n) is 9.60. The lowest BCUT2D eigenvalue weighted by Crippen LogP contribution is -2.26. The minimum Gasteiger partial charge on any atom is -0.494 e. The predicted octanol–water partition coefficient (Wildman–Crippen LogP) is 3.94. The number of ketones is 1. The summed E-state index contributed by atoms with van der Waals surface area (Å²) < 4.78 is 6.77. The molecule has 0 spiro atoms. The summed E-state index contributed by atoms with van der Waals surface area (Å²) in [5.74, 6) is -0.272. The van der Waals surface area contributed by atoms with Crippen LogP contribution in [0.15, 0.2) is 29.1 Å². The summed E-state index contributed by atoms with van der Waals surface area (Å²) in [5, 5.41) is 20.1. The van der Waals surface area contributed by atoms with E-state index in [-0.39, 0.29) is 23.2 Å². The number of carbonyl (C=O) groups excluding carboxylic acids is 1. The Morgan fingerprint density at radius 2 is 1.96 bits per heavy atom. The van der Waals surface area contributed by atoms with Crippen LogP contribution in [0.1, 0.15) is 66.6 Å². The van der Waals surface area contributed by atoms with Gasteiger partial charge in [-0.1, -0.05) is 38.8 Å². The van der Waals surface area contributed by atoms with Crippen molar-refractivity contribution in [3.8, 4) is 17.7 Å². The van der Waals surface area contributed by atoms with Gasteiger partial charge < -0.3 is 9.84 Å². The molecule has 6 nitrogen and oxygen atoms in total. The van der Waals surface area contributed by atoms with Crippen LogP contribution < -0.4 is 10.3 Å². The van der Waals surface area contributed by atoms with E-state index >= 15 is 0 Å². The van der Waals surface area contributed by atoms with E-state index in [2.05, 4.69) is 6.92 Å². The van der Waals surface area contributed by atoms with E-state index in [1.807, 2.05) is 13.0 Å². The molecule has 0 atom stereocenters. The van der Waals surface area contributed by atoms with Gasteiger partial charge in [0.1, 0.15) is 17.4 Å². The summed E-state index contributed by atoms with van der Waals surface area (Å²) in [4.78, 5) is 25.6. The number of pyridine rings is 1. The number of hydrogen-bond donors (Lipinski definition) is 1. The summed E-state index contributed by atoms with van der Waals surface area (Å²) in [6, 6.07) is 8.59. The van der Waals surface area contributed by atoms with Crippen molar-refractivity contribution in [2.45, 2.75) is 53.0 Å². The predicted molar refractivity (Wildman–Crippen MR) is 107 cm³/mol. The molecule has 0 fully saturated rings. The van der Waals surface area contributed by atoms with Gasteiger partial charge in [0, 0.05) is 12.1 Å². The van der Waals surface area contributed by atoms with Gasteiger partial charge in [0.25, 0.3) is 5.56 Å². The highest BCUT2D eigenvalue weighted by Crippen LogP contribution is 2.26. The van der Waals surface area contributed by atoms with Crippen molar-refractivity contribution < 1.29 is 14.6 Å². The maximum atomic E-state index is 13.1. The van der Waals surface area contributed by atoms with Gasteiger partial charge in [0.2, 0.25) is 5.88 Å². The van der Waals surface area contributed by atoms with Crippen LogP contribution in [0.25, 0.3) is 0 Å². The lowest BCUT2D eigenvalue weighted by molar-refractivity contribution is 0.103. The summed E-state index contributed by atoms with van der Waals surface area (Å²) in [6.07, 6.45) is 3.37. The summed E-state index contributed by atoms with van der Waals surface area (Å²) >= 11 is 0. The number of rotatable bonds is 9. The molecule has 0 saturated heterocycles. The molecular weight excluding hydrogens is 356 g/mol. The van der Waals surface area contributed by atoms with E-state index in [4.69, 9.17) is 4.74 Å². The van der Waals surface area contributed by atoms with Crippen molar-refractivity contribution in [2.24, 2.45) is 0 Å². The Bertz CT molecular complexity index is 954. The molecule has 1 aromatic heterocycles.